The summed E-state index contributed by atoms with van der Waals surface area (Å²) in [7, 11) is 0. The molecule has 314 valence electrons. The highest BCUT2D eigenvalue weighted by molar-refractivity contribution is 5.81. The highest BCUT2D eigenvalue weighted by Crippen LogP contribution is 2.62. The van der Waals surface area contributed by atoms with Crippen molar-refractivity contribution in [1.29, 1.82) is 0 Å². The topological polar surface area (TPSA) is 262 Å². The fourth-order valence-corrected chi connectivity index (χ4v) is 9.98. The third-order valence-electron chi connectivity index (χ3n) is 12.6. The van der Waals surface area contributed by atoms with Crippen molar-refractivity contribution in [2.75, 3.05) is 13.1 Å². The minimum Gasteiger partial charge on any atom is -0.430 e. The van der Waals surface area contributed by atoms with Crippen LogP contribution < -0.4 is 11.5 Å². The van der Waals surface area contributed by atoms with Gasteiger partial charge in [-0.2, -0.15) is 0 Å². The minimum atomic E-state index is -1.89. The second kappa shape index (κ2) is 14.1. The monoisotopic (exact) mass is 838 g/mol. The molecule has 2 unspecified atom stereocenters. The Morgan fingerprint density at radius 1 is 0.645 bits per heavy atom. The molecule has 0 aliphatic carbocycles. The van der Waals surface area contributed by atoms with Crippen molar-refractivity contribution < 1.29 is 48.5 Å². The van der Waals surface area contributed by atoms with E-state index < -0.39 is 58.6 Å². The zero-order chi connectivity index (χ0) is 43.0. The zero-order valence-corrected chi connectivity index (χ0v) is 32.6. The molecular weight excluding hydrogens is 801 g/mol. The smallest absolute Gasteiger partial charge is 0.423 e. The summed E-state index contributed by atoms with van der Waals surface area (Å²) in [5, 5.41) is 24.5. The van der Waals surface area contributed by atoms with Crippen LogP contribution in [0.2, 0.25) is 0 Å². The number of esters is 2. The van der Waals surface area contributed by atoms with Crippen LogP contribution in [0.4, 0.5) is 9.59 Å². The molecule has 2 saturated heterocycles. The van der Waals surface area contributed by atoms with E-state index in [4.69, 9.17) is 30.5 Å². The molecule has 6 atom stereocenters. The standard InChI is InChI=1S/C44H38N8O10/c45-39(56)59-34(28-9-5-2-6-10-28)36(55)61-44-38-48-24-32(50-38)42(44,20-22-52(44)62-40(46)57)30-17-13-26(14-18-30)25-11-15-29(16-12-25)41-19-21-51(58)43(41,37-47-23-31(41)49-37)60-35(54)33(53)27-7-3-1-4-8-27/h1-18,23-24,33-34,53,58H,19-22H2,(H2,45,56)(H2,46,57)(H,47,49)(H,48,50)/t33-,34-,41?,42?,43-,44-/m1/s1. The summed E-state index contributed by atoms with van der Waals surface area (Å²) >= 11 is 0. The maximum atomic E-state index is 14.2. The predicted molar refractivity (Wildman–Crippen MR) is 213 cm³/mol. The van der Waals surface area contributed by atoms with Crippen LogP contribution in [0.5, 0.6) is 0 Å². The predicted octanol–water partition coefficient (Wildman–Crippen LogP) is 4.17. The molecule has 2 aromatic heterocycles. The molecule has 0 saturated carbocycles. The maximum Gasteiger partial charge on any atom is 0.423 e. The number of nitrogens with one attached hydrogen (secondary N) is 2. The van der Waals surface area contributed by atoms with Crippen molar-refractivity contribution in [3.63, 3.8) is 0 Å². The number of fused-ring (bicyclic) bond motifs is 10. The molecule has 4 bridgehead atoms. The number of aromatic amines is 2. The van der Waals surface area contributed by atoms with E-state index in [0.29, 0.717) is 34.5 Å². The number of aliphatic hydroxyl groups excluding tert-OH is 1. The molecule has 6 aromatic rings. The van der Waals surface area contributed by atoms with Crippen LogP contribution in [0, 0.1) is 0 Å². The Hall–Kier alpha value is -7.38. The number of rotatable bonds is 11. The first kappa shape index (κ1) is 38.8. The molecule has 4 aliphatic rings. The quantitative estimate of drug-likeness (QED) is 0.0791. The number of hydroxylamine groups is 4. The number of nitrogens with zero attached hydrogens (tertiary/aromatic N) is 4. The Balaban J connectivity index is 0.974. The lowest BCUT2D eigenvalue weighted by molar-refractivity contribution is -0.278. The van der Waals surface area contributed by atoms with Gasteiger partial charge in [-0.25, -0.2) is 29.1 Å². The fourth-order valence-electron chi connectivity index (χ4n) is 9.98. The van der Waals surface area contributed by atoms with Crippen molar-refractivity contribution in [2.24, 2.45) is 11.5 Å². The number of imidazole rings is 2. The molecule has 0 spiro atoms. The van der Waals surface area contributed by atoms with Gasteiger partial charge >= 0.3 is 24.1 Å². The number of ether oxygens (including phenoxy) is 3. The van der Waals surface area contributed by atoms with Crippen LogP contribution in [0.1, 0.15) is 70.3 Å². The number of carbonyl (C=O) groups excluding carboxylic acids is 4. The Bertz CT molecular complexity index is 2730. The number of hydrogen-bond donors (Lipinski definition) is 6. The van der Waals surface area contributed by atoms with Gasteiger partial charge in [0, 0.05) is 31.0 Å². The van der Waals surface area contributed by atoms with Gasteiger partial charge in [0.2, 0.25) is 6.10 Å². The summed E-state index contributed by atoms with van der Waals surface area (Å²) in [6.07, 6.45) is -1.59. The number of primary amides is 2. The van der Waals surface area contributed by atoms with E-state index in [2.05, 4.69) is 19.9 Å². The van der Waals surface area contributed by atoms with Gasteiger partial charge in [-0.3, -0.25) is 0 Å². The van der Waals surface area contributed by atoms with Crippen molar-refractivity contribution in [3.8, 4) is 11.1 Å². The first-order valence-corrected chi connectivity index (χ1v) is 19.7. The summed E-state index contributed by atoms with van der Waals surface area (Å²) in [5.74, 6) is -1.55. The SMILES string of the molecule is NC(=O)O[C@@H](C(=O)O[C@]12c3ncc([nH]3)C1(c1ccc(-c3ccc(C45CCN(O)[C@@]4(OC(=O)[C@H](O)c4ccccc4)c4ncc5[nH]4)cc3)cc1)CCN2OC(N)=O)c1ccccc1. The third kappa shape index (κ3) is 5.30. The number of amides is 2. The molecule has 18 heteroatoms. The van der Waals surface area contributed by atoms with E-state index >= 15 is 0 Å². The number of aliphatic hydroxyl groups is 1. The molecule has 10 rings (SSSR count). The average Bonchev–Trinajstić information content (AvgIpc) is 4.15. The summed E-state index contributed by atoms with van der Waals surface area (Å²) in [6, 6.07) is 31.8. The highest BCUT2D eigenvalue weighted by atomic mass is 16.8. The van der Waals surface area contributed by atoms with Crippen LogP contribution in [-0.2, 0) is 50.9 Å². The molecule has 62 heavy (non-hydrogen) atoms. The van der Waals surface area contributed by atoms with E-state index in [1.807, 2.05) is 48.5 Å². The Labute approximate surface area is 351 Å². The van der Waals surface area contributed by atoms with E-state index in [1.54, 1.807) is 73.1 Å². The molecule has 4 aliphatic heterocycles. The van der Waals surface area contributed by atoms with Crippen molar-refractivity contribution in [2.45, 2.75) is 47.3 Å². The zero-order valence-electron chi connectivity index (χ0n) is 32.6. The van der Waals surface area contributed by atoms with Crippen molar-refractivity contribution in [1.82, 2.24) is 30.1 Å². The number of hydrogen-bond acceptors (Lipinski definition) is 14. The molecule has 0 radical (unpaired) electrons. The van der Waals surface area contributed by atoms with Crippen molar-refractivity contribution in [3.05, 3.63) is 167 Å². The Morgan fingerprint density at radius 2 is 1.15 bits per heavy atom. The lowest BCUT2D eigenvalue weighted by Crippen LogP contribution is -2.57. The number of nitrogens with two attached hydrogens (primary N) is 2. The van der Waals surface area contributed by atoms with Gasteiger partial charge in [0.05, 0.1) is 11.4 Å². The van der Waals surface area contributed by atoms with Gasteiger partial charge in [-0.1, -0.05) is 114 Å². The third-order valence-corrected chi connectivity index (χ3v) is 12.6. The van der Waals surface area contributed by atoms with Gasteiger partial charge in [0.25, 0.3) is 11.4 Å². The molecular formula is C44H38N8O10. The van der Waals surface area contributed by atoms with Crippen LogP contribution in [0.25, 0.3) is 11.1 Å². The van der Waals surface area contributed by atoms with Crippen LogP contribution in [-0.4, -0.2) is 77.6 Å². The minimum absolute atomic E-state index is 0.0803. The van der Waals surface area contributed by atoms with E-state index in [0.717, 1.165) is 21.8 Å². The first-order chi connectivity index (χ1) is 29.9. The second-order valence-corrected chi connectivity index (χ2v) is 15.6. The summed E-state index contributed by atoms with van der Waals surface area (Å²) < 4.78 is 17.7. The maximum absolute atomic E-state index is 14.2. The van der Waals surface area contributed by atoms with Crippen LogP contribution >= 0.6 is 0 Å². The van der Waals surface area contributed by atoms with Gasteiger partial charge in [0.1, 0.15) is 10.8 Å². The van der Waals surface area contributed by atoms with E-state index in [1.165, 1.54) is 5.06 Å². The second-order valence-electron chi connectivity index (χ2n) is 15.6. The Kier molecular flexibility index (Phi) is 8.82. The average molecular weight is 839 g/mol. The summed E-state index contributed by atoms with van der Waals surface area (Å²) in [5.41, 5.74) is 9.93. The van der Waals surface area contributed by atoms with Crippen molar-refractivity contribution >= 4 is 24.1 Å². The normalized spacial score (nSPS) is 25.4. The molecule has 4 aromatic carbocycles. The first-order valence-electron chi connectivity index (χ1n) is 19.7. The number of benzene rings is 4. The lowest BCUT2D eigenvalue weighted by Gasteiger charge is -2.43. The van der Waals surface area contributed by atoms with Gasteiger partial charge in [0.15, 0.2) is 17.8 Å². The number of carbonyl (C=O) groups is 4. The lowest BCUT2D eigenvalue weighted by atomic mass is 9.69. The highest BCUT2D eigenvalue weighted by Gasteiger charge is 2.74. The molecule has 2 amide bonds. The largest absolute Gasteiger partial charge is 0.430 e. The fraction of sp³-hybridized carbons (Fsp3) is 0.227. The number of H-pyrrole nitrogens is 2. The van der Waals surface area contributed by atoms with Gasteiger partial charge in [-0.15, -0.1) is 5.06 Å². The number of aromatic nitrogens is 4. The van der Waals surface area contributed by atoms with Crippen LogP contribution in [0.15, 0.2) is 122 Å². The summed E-state index contributed by atoms with van der Waals surface area (Å²) in [6.45, 7) is 0.232. The molecule has 2 fully saturated rings. The van der Waals surface area contributed by atoms with Gasteiger partial charge in [-0.05, 0) is 40.7 Å². The molecule has 8 N–H and O–H groups in total. The molecule has 6 heterocycles. The summed E-state index contributed by atoms with van der Waals surface area (Å²) in [4.78, 5) is 72.9. The Morgan fingerprint density at radius 3 is 1.69 bits per heavy atom. The molecule has 18 nitrogen and oxygen atoms in total. The van der Waals surface area contributed by atoms with Crippen LogP contribution in [0.3, 0.4) is 0 Å². The van der Waals surface area contributed by atoms with E-state index in [9.17, 15) is 29.5 Å². The van der Waals surface area contributed by atoms with Gasteiger partial charge < -0.3 is 50.8 Å². The van der Waals surface area contributed by atoms with E-state index in [-0.39, 0.29) is 31.2 Å².